The zero-order valence-electron chi connectivity index (χ0n) is 11.3. The van der Waals surface area contributed by atoms with Crippen molar-refractivity contribution in [1.29, 1.82) is 0 Å². The van der Waals surface area contributed by atoms with Crippen LogP contribution in [0.5, 0.6) is 5.75 Å². The van der Waals surface area contributed by atoms with Crippen LogP contribution in [0.2, 0.25) is 0 Å². The molecular weight excluding hydrogens is 314 g/mol. The maximum atomic E-state index is 5.45. The van der Waals surface area contributed by atoms with E-state index in [9.17, 15) is 0 Å². The molecule has 0 unspecified atom stereocenters. The minimum Gasteiger partial charge on any atom is -0.490 e. The lowest BCUT2D eigenvalue weighted by molar-refractivity contribution is 0.363. The summed E-state index contributed by atoms with van der Waals surface area (Å²) in [5.41, 5.74) is 2.51. The molecule has 0 atom stereocenters. The van der Waals surface area contributed by atoms with Crippen LogP contribution in [-0.2, 0) is 13.1 Å². The van der Waals surface area contributed by atoms with Crippen molar-refractivity contribution in [1.82, 2.24) is 5.32 Å². The first kappa shape index (κ1) is 14.8. The lowest BCUT2D eigenvalue weighted by atomic mass is 10.2. The third-order valence-electron chi connectivity index (χ3n) is 2.84. The largest absolute Gasteiger partial charge is 0.490 e. The van der Waals surface area contributed by atoms with Crippen LogP contribution in [-0.4, -0.2) is 6.61 Å². The van der Waals surface area contributed by atoms with Crippen LogP contribution in [0.1, 0.15) is 11.1 Å². The summed E-state index contributed by atoms with van der Waals surface area (Å²) in [6.45, 7) is 5.87. The van der Waals surface area contributed by atoms with Gasteiger partial charge in [0.1, 0.15) is 12.4 Å². The normalized spacial score (nSPS) is 10.2. The summed E-state index contributed by atoms with van der Waals surface area (Å²) in [4.78, 5) is 0. The molecule has 0 heterocycles. The Balaban J connectivity index is 1.80. The van der Waals surface area contributed by atoms with Gasteiger partial charge in [0.2, 0.25) is 0 Å². The van der Waals surface area contributed by atoms with Crippen LogP contribution in [0, 0.1) is 0 Å². The van der Waals surface area contributed by atoms with E-state index in [1.807, 2.05) is 24.3 Å². The third kappa shape index (κ3) is 4.83. The highest BCUT2D eigenvalue weighted by atomic mass is 79.9. The van der Waals surface area contributed by atoms with Gasteiger partial charge in [-0.2, -0.15) is 0 Å². The number of nitrogens with one attached hydrogen (secondary N) is 1. The van der Waals surface area contributed by atoms with E-state index in [1.54, 1.807) is 6.08 Å². The first-order valence-electron chi connectivity index (χ1n) is 6.56. The lowest BCUT2D eigenvalue weighted by Gasteiger charge is -2.07. The molecule has 0 bridgehead atoms. The van der Waals surface area contributed by atoms with Gasteiger partial charge in [-0.05, 0) is 35.4 Å². The van der Waals surface area contributed by atoms with Gasteiger partial charge in [-0.3, -0.25) is 0 Å². The molecule has 0 aliphatic carbocycles. The maximum Gasteiger partial charge on any atom is 0.119 e. The summed E-state index contributed by atoms with van der Waals surface area (Å²) in [6, 6.07) is 16.4. The van der Waals surface area contributed by atoms with E-state index >= 15 is 0 Å². The highest BCUT2D eigenvalue weighted by Gasteiger charge is 1.97. The number of halogens is 1. The van der Waals surface area contributed by atoms with Crippen LogP contribution in [0.4, 0.5) is 0 Å². The Hall–Kier alpha value is -1.58. The minimum absolute atomic E-state index is 0.542. The van der Waals surface area contributed by atoms with Crippen LogP contribution < -0.4 is 10.1 Å². The standard InChI is InChI=1S/C17H18BrNO/c1-2-10-20-17-8-6-14(7-9-17)12-19-13-15-4-3-5-16(18)11-15/h2-9,11,19H,1,10,12-13H2. The average molecular weight is 332 g/mol. The van der Waals surface area contributed by atoms with Gasteiger partial charge >= 0.3 is 0 Å². The van der Waals surface area contributed by atoms with Crippen molar-refractivity contribution in [3.63, 3.8) is 0 Å². The van der Waals surface area contributed by atoms with Crippen LogP contribution in [0.15, 0.2) is 65.7 Å². The summed E-state index contributed by atoms with van der Waals surface area (Å²) in [7, 11) is 0. The number of rotatable bonds is 7. The second kappa shape index (κ2) is 7.88. The molecule has 2 aromatic carbocycles. The number of ether oxygens (including phenoxy) is 1. The highest BCUT2D eigenvalue weighted by molar-refractivity contribution is 9.10. The molecule has 0 aliphatic rings. The van der Waals surface area contributed by atoms with Crippen LogP contribution >= 0.6 is 15.9 Å². The topological polar surface area (TPSA) is 21.3 Å². The van der Waals surface area contributed by atoms with Crippen molar-refractivity contribution in [3.8, 4) is 5.75 Å². The molecule has 3 heteroatoms. The predicted octanol–water partition coefficient (Wildman–Crippen LogP) is 4.30. The van der Waals surface area contributed by atoms with Gasteiger partial charge in [0.15, 0.2) is 0 Å². The monoisotopic (exact) mass is 331 g/mol. The highest BCUT2D eigenvalue weighted by Crippen LogP contribution is 2.13. The quantitative estimate of drug-likeness (QED) is 0.763. The summed E-state index contributed by atoms with van der Waals surface area (Å²) in [6.07, 6.45) is 1.74. The molecule has 2 rings (SSSR count). The molecule has 104 valence electrons. The summed E-state index contributed by atoms with van der Waals surface area (Å²) in [5, 5.41) is 3.43. The first-order chi connectivity index (χ1) is 9.78. The van der Waals surface area contributed by atoms with Gasteiger partial charge in [-0.1, -0.05) is 52.9 Å². The molecule has 2 nitrogen and oxygen atoms in total. The minimum atomic E-state index is 0.542. The van der Waals surface area contributed by atoms with Gasteiger partial charge < -0.3 is 10.1 Å². The van der Waals surface area contributed by atoms with Gasteiger partial charge in [-0.25, -0.2) is 0 Å². The second-order valence-corrected chi connectivity index (χ2v) is 5.39. The molecule has 0 saturated carbocycles. The summed E-state index contributed by atoms with van der Waals surface area (Å²) < 4.78 is 6.57. The van der Waals surface area contributed by atoms with Gasteiger partial charge in [0.05, 0.1) is 0 Å². The molecule has 0 fully saturated rings. The van der Waals surface area contributed by atoms with E-state index in [0.717, 1.165) is 23.3 Å². The fourth-order valence-corrected chi connectivity index (χ4v) is 2.30. The molecule has 0 spiro atoms. The molecule has 0 radical (unpaired) electrons. The number of hydrogen-bond acceptors (Lipinski definition) is 2. The van der Waals surface area contributed by atoms with E-state index < -0.39 is 0 Å². The molecule has 0 aliphatic heterocycles. The maximum absolute atomic E-state index is 5.45. The van der Waals surface area contributed by atoms with Gasteiger partial charge in [-0.15, -0.1) is 0 Å². The van der Waals surface area contributed by atoms with Crippen molar-refractivity contribution >= 4 is 15.9 Å². The number of benzene rings is 2. The Labute approximate surface area is 128 Å². The van der Waals surface area contributed by atoms with Crippen LogP contribution in [0.25, 0.3) is 0 Å². The molecule has 0 amide bonds. The molecule has 20 heavy (non-hydrogen) atoms. The van der Waals surface area contributed by atoms with Gasteiger partial charge in [0, 0.05) is 17.6 Å². The van der Waals surface area contributed by atoms with Crippen LogP contribution in [0.3, 0.4) is 0 Å². The summed E-state index contributed by atoms with van der Waals surface area (Å²) >= 11 is 3.48. The molecule has 0 saturated heterocycles. The van der Waals surface area contributed by atoms with E-state index in [1.165, 1.54) is 11.1 Å². The zero-order valence-corrected chi connectivity index (χ0v) is 12.9. The van der Waals surface area contributed by atoms with E-state index in [4.69, 9.17) is 4.74 Å². The van der Waals surface area contributed by atoms with E-state index in [-0.39, 0.29) is 0 Å². The summed E-state index contributed by atoms with van der Waals surface area (Å²) in [5.74, 6) is 0.876. The van der Waals surface area contributed by atoms with Gasteiger partial charge in [0.25, 0.3) is 0 Å². The van der Waals surface area contributed by atoms with Crippen molar-refractivity contribution in [2.24, 2.45) is 0 Å². The Kier molecular flexibility index (Phi) is 5.84. The molecule has 2 aromatic rings. The Bertz CT molecular complexity index is 551. The fraction of sp³-hybridized carbons (Fsp3) is 0.176. The number of hydrogen-bond donors (Lipinski definition) is 1. The van der Waals surface area contributed by atoms with Crippen molar-refractivity contribution in [3.05, 3.63) is 76.8 Å². The second-order valence-electron chi connectivity index (χ2n) is 4.48. The molecule has 0 aromatic heterocycles. The average Bonchev–Trinajstić information content (AvgIpc) is 2.46. The molecular formula is C17H18BrNO. The fourth-order valence-electron chi connectivity index (χ4n) is 1.86. The van der Waals surface area contributed by atoms with Crippen molar-refractivity contribution < 1.29 is 4.74 Å². The first-order valence-corrected chi connectivity index (χ1v) is 7.35. The smallest absolute Gasteiger partial charge is 0.119 e. The Morgan fingerprint density at radius 3 is 2.50 bits per heavy atom. The van der Waals surface area contributed by atoms with Crippen molar-refractivity contribution in [2.75, 3.05) is 6.61 Å². The Morgan fingerprint density at radius 1 is 1.05 bits per heavy atom. The van der Waals surface area contributed by atoms with E-state index in [0.29, 0.717) is 6.61 Å². The lowest BCUT2D eigenvalue weighted by Crippen LogP contribution is -2.12. The molecule has 1 N–H and O–H groups in total. The van der Waals surface area contributed by atoms with E-state index in [2.05, 4.69) is 52.1 Å². The Morgan fingerprint density at radius 2 is 1.80 bits per heavy atom. The van der Waals surface area contributed by atoms with Crippen molar-refractivity contribution in [2.45, 2.75) is 13.1 Å². The predicted molar refractivity (Wildman–Crippen MR) is 86.8 cm³/mol. The third-order valence-corrected chi connectivity index (χ3v) is 3.33. The zero-order chi connectivity index (χ0) is 14.2. The SMILES string of the molecule is C=CCOc1ccc(CNCc2cccc(Br)c2)cc1.